The van der Waals surface area contributed by atoms with Gasteiger partial charge in [-0.15, -0.1) is 0 Å². The zero-order chi connectivity index (χ0) is 32.5. The molecule has 2 aliphatic heterocycles. The van der Waals surface area contributed by atoms with Gasteiger partial charge in [-0.1, -0.05) is 17.7 Å². The number of benzene rings is 2. The SMILES string of the molecule is Cc1n[nH]cc1-c1ccc(-c2cnc(C(=O)Nc3ccc(C(=O)N4CCN(C(=O)C5CCNCC5)CC4)c(Cl)c3)n2C)c(F)c1F. The normalized spacial score (nSPS) is 15.7. The molecular formula is C32H33ClF2N8O3. The number of H-pyrrole nitrogens is 1. The maximum atomic E-state index is 15.2. The van der Waals surface area contributed by atoms with Gasteiger partial charge in [-0.05, 0) is 57.1 Å². The summed E-state index contributed by atoms with van der Waals surface area (Å²) in [7, 11) is 1.52. The average molecular weight is 651 g/mol. The number of nitrogens with zero attached hydrogens (tertiary/aromatic N) is 5. The van der Waals surface area contributed by atoms with Gasteiger partial charge in [0.2, 0.25) is 5.91 Å². The molecule has 6 rings (SSSR count). The Morgan fingerprint density at radius 2 is 1.63 bits per heavy atom. The summed E-state index contributed by atoms with van der Waals surface area (Å²) in [4.78, 5) is 46.9. The Kier molecular flexibility index (Phi) is 8.87. The van der Waals surface area contributed by atoms with Crippen LogP contribution in [0.3, 0.4) is 0 Å². The van der Waals surface area contributed by atoms with Crippen molar-refractivity contribution in [1.82, 2.24) is 34.9 Å². The lowest BCUT2D eigenvalue weighted by Gasteiger charge is -2.37. The van der Waals surface area contributed by atoms with Crippen molar-refractivity contribution in [2.24, 2.45) is 13.0 Å². The molecule has 2 aliphatic rings. The number of aryl methyl sites for hydroxylation is 1. The number of nitrogens with one attached hydrogen (secondary N) is 3. The number of piperazine rings is 1. The Bertz CT molecular complexity index is 1810. The Labute approximate surface area is 268 Å². The fourth-order valence-electron chi connectivity index (χ4n) is 6.04. The molecule has 3 amide bonds. The number of imidazole rings is 1. The van der Waals surface area contributed by atoms with E-state index >= 15 is 8.78 Å². The Balaban J connectivity index is 1.10. The maximum Gasteiger partial charge on any atom is 0.291 e. The van der Waals surface area contributed by atoms with Crippen molar-refractivity contribution in [2.45, 2.75) is 19.8 Å². The summed E-state index contributed by atoms with van der Waals surface area (Å²) in [6, 6.07) is 7.46. The van der Waals surface area contributed by atoms with Crippen molar-refractivity contribution >= 4 is 35.0 Å². The molecule has 0 radical (unpaired) electrons. The van der Waals surface area contributed by atoms with Crippen molar-refractivity contribution in [3.05, 3.63) is 76.5 Å². The topological polar surface area (TPSA) is 128 Å². The molecule has 2 aromatic heterocycles. The van der Waals surface area contributed by atoms with E-state index in [1.807, 2.05) is 4.90 Å². The highest BCUT2D eigenvalue weighted by molar-refractivity contribution is 6.34. The molecule has 2 aromatic carbocycles. The number of aromatic nitrogens is 4. The number of amides is 3. The average Bonchev–Trinajstić information content (AvgIpc) is 3.67. The van der Waals surface area contributed by atoms with Crippen LogP contribution in [-0.2, 0) is 11.8 Å². The Hall–Kier alpha value is -4.62. The van der Waals surface area contributed by atoms with Gasteiger partial charge in [0.15, 0.2) is 17.5 Å². The number of carbonyl (C=O) groups is 3. The van der Waals surface area contributed by atoms with Crippen LogP contribution in [0.1, 0.15) is 39.5 Å². The van der Waals surface area contributed by atoms with E-state index in [0.717, 1.165) is 25.9 Å². The molecule has 2 fully saturated rings. The van der Waals surface area contributed by atoms with Crippen molar-refractivity contribution in [3.63, 3.8) is 0 Å². The van der Waals surface area contributed by atoms with Gasteiger partial charge in [0.05, 0.1) is 28.2 Å². The molecule has 0 bridgehead atoms. The van der Waals surface area contributed by atoms with E-state index in [0.29, 0.717) is 43.1 Å². The van der Waals surface area contributed by atoms with E-state index in [1.165, 1.54) is 48.3 Å². The summed E-state index contributed by atoms with van der Waals surface area (Å²) >= 11 is 6.49. The molecule has 240 valence electrons. The first-order valence-electron chi connectivity index (χ1n) is 15.0. The second-order valence-corrected chi connectivity index (χ2v) is 11.9. The number of aromatic amines is 1. The van der Waals surface area contributed by atoms with Crippen molar-refractivity contribution < 1.29 is 23.2 Å². The number of piperidine rings is 1. The minimum absolute atomic E-state index is 0.0336. The third kappa shape index (κ3) is 5.99. The van der Waals surface area contributed by atoms with Crippen molar-refractivity contribution in [2.75, 3.05) is 44.6 Å². The second kappa shape index (κ2) is 13.0. The van der Waals surface area contributed by atoms with Crippen molar-refractivity contribution in [1.29, 1.82) is 0 Å². The molecule has 0 atom stereocenters. The predicted octanol–water partition coefficient (Wildman–Crippen LogP) is 4.25. The summed E-state index contributed by atoms with van der Waals surface area (Å²) in [5.74, 6) is -2.83. The van der Waals surface area contributed by atoms with E-state index in [9.17, 15) is 14.4 Å². The first-order chi connectivity index (χ1) is 22.1. The van der Waals surface area contributed by atoms with Crippen LogP contribution in [-0.4, -0.2) is 86.5 Å². The predicted molar refractivity (Wildman–Crippen MR) is 168 cm³/mol. The Morgan fingerprint density at radius 3 is 2.30 bits per heavy atom. The van der Waals surface area contributed by atoms with Gasteiger partial charge < -0.3 is 25.0 Å². The van der Waals surface area contributed by atoms with Gasteiger partial charge in [-0.2, -0.15) is 5.10 Å². The zero-order valence-electron chi connectivity index (χ0n) is 25.4. The molecular weight excluding hydrogens is 618 g/mol. The lowest BCUT2D eigenvalue weighted by Crippen LogP contribution is -2.52. The van der Waals surface area contributed by atoms with Gasteiger partial charge in [0, 0.05) is 67.7 Å². The highest BCUT2D eigenvalue weighted by Gasteiger charge is 2.30. The summed E-state index contributed by atoms with van der Waals surface area (Å²) in [6.45, 7) is 5.12. The molecule has 3 N–H and O–H groups in total. The van der Waals surface area contributed by atoms with E-state index in [1.54, 1.807) is 17.9 Å². The van der Waals surface area contributed by atoms with Crippen LogP contribution in [0.15, 0.2) is 42.7 Å². The molecule has 11 nitrogen and oxygen atoms in total. The third-order valence-corrected chi connectivity index (χ3v) is 9.01. The number of halogens is 3. The highest BCUT2D eigenvalue weighted by atomic mass is 35.5. The molecule has 46 heavy (non-hydrogen) atoms. The van der Waals surface area contributed by atoms with E-state index in [-0.39, 0.29) is 51.0 Å². The number of hydrogen-bond donors (Lipinski definition) is 3. The van der Waals surface area contributed by atoms with E-state index in [4.69, 9.17) is 11.6 Å². The summed E-state index contributed by atoms with van der Waals surface area (Å²) in [5, 5.41) is 12.7. The quantitative estimate of drug-likeness (QED) is 0.286. The summed E-state index contributed by atoms with van der Waals surface area (Å²) in [5.41, 5.74) is 1.79. The second-order valence-electron chi connectivity index (χ2n) is 11.5. The minimum Gasteiger partial charge on any atom is -0.339 e. The van der Waals surface area contributed by atoms with Crippen LogP contribution < -0.4 is 10.6 Å². The summed E-state index contributed by atoms with van der Waals surface area (Å²) < 4.78 is 31.6. The molecule has 0 spiro atoms. The molecule has 4 heterocycles. The maximum absolute atomic E-state index is 15.2. The standard InChI is InChI=1S/C32H33ClF2N8O3/c1-18-24(16-38-40-18)21-5-6-23(28(35)27(21)34)26-17-37-29(41(26)2)30(44)39-20-3-4-22(25(33)15-20)32(46)43-13-11-42(12-14-43)31(45)19-7-9-36-10-8-19/h3-6,15-17,19,36H,7-14H2,1-2H3,(H,38,40)(H,39,44). The van der Waals surface area contributed by atoms with Crippen molar-refractivity contribution in [3.8, 4) is 22.4 Å². The molecule has 0 aliphatic carbocycles. The largest absolute Gasteiger partial charge is 0.339 e. The number of hydrogen-bond acceptors (Lipinski definition) is 6. The molecule has 0 unspecified atom stereocenters. The third-order valence-electron chi connectivity index (χ3n) is 8.69. The number of anilines is 1. The van der Waals surface area contributed by atoms with Crippen LogP contribution >= 0.6 is 11.6 Å². The van der Waals surface area contributed by atoms with E-state index in [2.05, 4.69) is 25.8 Å². The minimum atomic E-state index is -1.07. The lowest BCUT2D eigenvalue weighted by molar-refractivity contribution is -0.137. The van der Waals surface area contributed by atoms with Gasteiger partial charge in [0.25, 0.3) is 11.8 Å². The van der Waals surface area contributed by atoms with Crippen LogP contribution in [0.2, 0.25) is 5.02 Å². The highest BCUT2D eigenvalue weighted by Crippen LogP contribution is 2.33. The monoisotopic (exact) mass is 650 g/mol. The number of carbonyl (C=O) groups excluding carboxylic acids is 3. The lowest BCUT2D eigenvalue weighted by atomic mass is 9.96. The summed E-state index contributed by atoms with van der Waals surface area (Å²) in [6.07, 6.45) is 4.45. The van der Waals surface area contributed by atoms with Crippen LogP contribution in [0.25, 0.3) is 22.4 Å². The van der Waals surface area contributed by atoms with Gasteiger partial charge in [-0.3, -0.25) is 19.5 Å². The molecule has 14 heteroatoms. The fourth-order valence-corrected chi connectivity index (χ4v) is 6.30. The van der Waals surface area contributed by atoms with Crippen LogP contribution in [0, 0.1) is 24.5 Å². The molecule has 4 aromatic rings. The van der Waals surface area contributed by atoms with Crippen LogP contribution in [0.4, 0.5) is 14.5 Å². The molecule has 2 saturated heterocycles. The smallest absolute Gasteiger partial charge is 0.291 e. The first-order valence-corrected chi connectivity index (χ1v) is 15.4. The fraction of sp³-hybridized carbons (Fsp3) is 0.344. The van der Waals surface area contributed by atoms with Gasteiger partial charge >= 0.3 is 0 Å². The van der Waals surface area contributed by atoms with Gasteiger partial charge in [0.1, 0.15) is 0 Å². The zero-order valence-corrected chi connectivity index (χ0v) is 26.1. The Morgan fingerprint density at radius 1 is 0.957 bits per heavy atom. The van der Waals surface area contributed by atoms with E-state index < -0.39 is 17.5 Å². The number of rotatable bonds is 6. The van der Waals surface area contributed by atoms with Crippen LogP contribution in [0.5, 0.6) is 0 Å². The van der Waals surface area contributed by atoms with Gasteiger partial charge in [-0.25, -0.2) is 13.8 Å². The first kappa shape index (κ1) is 31.4. The molecule has 0 saturated carbocycles.